The lowest BCUT2D eigenvalue weighted by atomic mass is 10.2. The van der Waals surface area contributed by atoms with Crippen LogP contribution in [0, 0.1) is 23.0 Å². The number of alkyl halides is 3. The van der Waals surface area contributed by atoms with Crippen molar-refractivity contribution < 1.29 is 31.5 Å². The van der Waals surface area contributed by atoms with Crippen LogP contribution in [-0.4, -0.2) is 25.2 Å². The first-order valence-electron chi connectivity index (χ1n) is 7.40. The first-order chi connectivity index (χ1) is 12.7. The van der Waals surface area contributed by atoms with Crippen molar-refractivity contribution in [2.24, 2.45) is 0 Å². The predicted octanol–water partition coefficient (Wildman–Crippen LogP) is 3.83. The van der Waals surface area contributed by atoms with E-state index in [-0.39, 0.29) is 29.2 Å². The number of rotatable bonds is 6. The number of benzene rings is 2. The molecule has 0 saturated carbocycles. The van der Waals surface area contributed by atoms with Crippen LogP contribution in [0.15, 0.2) is 36.4 Å². The van der Waals surface area contributed by atoms with Gasteiger partial charge in [-0.15, -0.1) is 0 Å². The Morgan fingerprint density at radius 1 is 1.07 bits per heavy atom. The smallest absolute Gasteiger partial charge is 0.422 e. The summed E-state index contributed by atoms with van der Waals surface area (Å²) >= 11 is 0. The molecule has 0 heterocycles. The second kappa shape index (κ2) is 8.35. The fourth-order valence-corrected chi connectivity index (χ4v) is 1.97. The van der Waals surface area contributed by atoms with E-state index in [0.717, 1.165) is 12.1 Å². The van der Waals surface area contributed by atoms with Gasteiger partial charge < -0.3 is 15.4 Å². The van der Waals surface area contributed by atoms with Crippen LogP contribution < -0.4 is 15.4 Å². The molecule has 5 nitrogen and oxygen atoms in total. The average molecular weight is 385 g/mol. The monoisotopic (exact) mass is 385 g/mol. The standard InChI is InChI=1S/C17H12F5N3O2/c18-13-3-1-12(6-14(13)19)25-16(26)8-24-11-2-4-15(10(5-11)7-23)27-9-17(20,21)22/h1-6,24H,8-9H2,(H,25,26). The minimum Gasteiger partial charge on any atom is -0.483 e. The number of hydrogen-bond donors (Lipinski definition) is 2. The lowest BCUT2D eigenvalue weighted by Crippen LogP contribution is -2.22. The van der Waals surface area contributed by atoms with E-state index in [0.29, 0.717) is 0 Å². The molecular weight excluding hydrogens is 373 g/mol. The van der Waals surface area contributed by atoms with E-state index >= 15 is 0 Å². The molecule has 0 atom stereocenters. The van der Waals surface area contributed by atoms with Crippen LogP contribution in [0.3, 0.4) is 0 Å². The highest BCUT2D eigenvalue weighted by Crippen LogP contribution is 2.24. The Kier molecular flexibility index (Phi) is 6.18. The zero-order chi connectivity index (χ0) is 20.0. The number of anilines is 2. The average Bonchev–Trinajstić information content (AvgIpc) is 2.61. The van der Waals surface area contributed by atoms with Gasteiger partial charge in [-0.1, -0.05) is 0 Å². The zero-order valence-electron chi connectivity index (χ0n) is 13.5. The third-order valence-electron chi connectivity index (χ3n) is 3.15. The second-order valence-electron chi connectivity index (χ2n) is 5.26. The van der Waals surface area contributed by atoms with Gasteiger partial charge in [0, 0.05) is 17.4 Å². The number of hydrogen-bond acceptors (Lipinski definition) is 4. The molecule has 0 aliphatic carbocycles. The van der Waals surface area contributed by atoms with Gasteiger partial charge in [0.05, 0.1) is 12.1 Å². The summed E-state index contributed by atoms with van der Waals surface area (Å²) < 4.78 is 67.0. The fraction of sp³-hybridized carbons (Fsp3) is 0.176. The molecule has 0 spiro atoms. The molecule has 2 aromatic carbocycles. The summed E-state index contributed by atoms with van der Waals surface area (Å²) in [6, 6.07) is 8.27. The van der Waals surface area contributed by atoms with Crippen molar-refractivity contribution in [2.45, 2.75) is 6.18 Å². The molecule has 0 bridgehead atoms. The highest BCUT2D eigenvalue weighted by Gasteiger charge is 2.28. The van der Waals surface area contributed by atoms with E-state index in [1.807, 2.05) is 0 Å². The molecule has 2 aromatic rings. The molecule has 2 N–H and O–H groups in total. The largest absolute Gasteiger partial charge is 0.483 e. The van der Waals surface area contributed by atoms with E-state index in [1.54, 1.807) is 6.07 Å². The Labute approximate surface area is 150 Å². The fourth-order valence-electron chi connectivity index (χ4n) is 1.97. The third-order valence-corrected chi connectivity index (χ3v) is 3.15. The Bertz CT molecular complexity index is 878. The van der Waals surface area contributed by atoms with Gasteiger partial charge in [-0.05, 0) is 30.3 Å². The summed E-state index contributed by atoms with van der Waals surface area (Å²) in [5, 5.41) is 14.0. The van der Waals surface area contributed by atoms with Crippen LogP contribution in [0.25, 0.3) is 0 Å². The van der Waals surface area contributed by atoms with Crippen molar-refractivity contribution in [3.8, 4) is 11.8 Å². The van der Waals surface area contributed by atoms with E-state index in [9.17, 15) is 26.7 Å². The maximum absolute atomic E-state index is 13.1. The summed E-state index contributed by atoms with van der Waals surface area (Å²) in [6.45, 7) is -1.82. The predicted molar refractivity (Wildman–Crippen MR) is 86.2 cm³/mol. The van der Waals surface area contributed by atoms with Gasteiger partial charge in [-0.3, -0.25) is 4.79 Å². The quantitative estimate of drug-likeness (QED) is 0.742. The molecule has 2 rings (SSSR count). The Hall–Kier alpha value is -3.35. The minimum atomic E-state index is -4.54. The van der Waals surface area contributed by atoms with Crippen LogP contribution in [0.1, 0.15) is 5.56 Å². The Balaban J connectivity index is 1.95. The number of nitrogens with zero attached hydrogens (tertiary/aromatic N) is 1. The van der Waals surface area contributed by atoms with Crippen LogP contribution in [0.5, 0.6) is 5.75 Å². The van der Waals surface area contributed by atoms with Crippen molar-refractivity contribution >= 4 is 17.3 Å². The van der Waals surface area contributed by atoms with Gasteiger partial charge in [-0.2, -0.15) is 18.4 Å². The Morgan fingerprint density at radius 3 is 2.41 bits per heavy atom. The van der Waals surface area contributed by atoms with Crippen molar-refractivity contribution in [3.05, 3.63) is 53.6 Å². The van der Waals surface area contributed by atoms with Gasteiger partial charge >= 0.3 is 6.18 Å². The lowest BCUT2D eigenvalue weighted by molar-refractivity contribution is -0.153. The maximum atomic E-state index is 13.1. The third kappa shape index (κ3) is 6.14. The molecule has 0 radical (unpaired) electrons. The summed E-state index contributed by atoms with van der Waals surface area (Å²) in [5.41, 5.74) is 0.186. The SMILES string of the molecule is N#Cc1cc(NCC(=O)Nc2ccc(F)c(F)c2)ccc1OCC(F)(F)F. The number of amides is 1. The first-order valence-corrected chi connectivity index (χ1v) is 7.40. The molecule has 10 heteroatoms. The lowest BCUT2D eigenvalue weighted by Gasteiger charge is -2.12. The topological polar surface area (TPSA) is 74.2 Å². The van der Waals surface area contributed by atoms with Gasteiger partial charge in [-0.25, -0.2) is 8.78 Å². The van der Waals surface area contributed by atoms with Crippen LogP contribution in [0.2, 0.25) is 0 Å². The molecule has 0 aliphatic heterocycles. The summed E-state index contributed by atoms with van der Waals surface area (Å²) in [7, 11) is 0. The number of ether oxygens (including phenoxy) is 1. The Morgan fingerprint density at radius 2 is 1.78 bits per heavy atom. The number of carbonyl (C=O) groups is 1. The first kappa shape index (κ1) is 20.0. The highest BCUT2D eigenvalue weighted by molar-refractivity contribution is 5.93. The van der Waals surface area contributed by atoms with Crippen molar-refractivity contribution in [1.82, 2.24) is 0 Å². The van der Waals surface area contributed by atoms with Gasteiger partial charge in [0.25, 0.3) is 0 Å². The number of nitriles is 1. The summed E-state index contributed by atoms with van der Waals surface area (Å²) in [4.78, 5) is 11.8. The van der Waals surface area contributed by atoms with Crippen LogP contribution in [-0.2, 0) is 4.79 Å². The molecule has 0 fully saturated rings. The molecule has 1 amide bonds. The van der Waals surface area contributed by atoms with Crippen molar-refractivity contribution in [3.63, 3.8) is 0 Å². The van der Waals surface area contributed by atoms with Crippen molar-refractivity contribution in [2.75, 3.05) is 23.8 Å². The normalized spacial score (nSPS) is 10.8. The van der Waals surface area contributed by atoms with E-state index in [2.05, 4.69) is 15.4 Å². The van der Waals surface area contributed by atoms with Gasteiger partial charge in [0.15, 0.2) is 18.2 Å². The van der Waals surface area contributed by atoms with E-state index in [4.69, 9.17) is 5.26 Å². The number of halogens is 5. The molecule has 0 unspecified atom stereocenters. The molecule has 0 saturated heterocycles. The molecule has 0 aliphatic rings. The molecule has 142 valence electrons. The van der Waals surface area contributed by atoms with E-state index in [1.165, 1.54) is 24.3 Å². The highest BCUT2D eigenvalue weighted by atomic mass is 19.4. The van der Waals surface area contributed by atoms with E-state index < -0.39 is 30.3 Å². The summed E-state index contributed by atoms with van der Waals surface area (Å²) in [5.74, 6) is -3.00. The van der Waals surface area contributed by atoms with Gasteiger partial charge in [0.2, 0.25) is 5.91 Å². The number of nitrogens with one attached hydrogen (secondary N) is 2. The molecular formula is C17H12F5N3O2. The summed E-state index contributed by atoms with van der Waals surface area (Å²) in [6.07, 6.45) is -4.54. The van der Waals surface area contributed by atoms with Crippen LogP contribution in [0.4, 0.5) is 33.3 Å². The number of carbonyl (C=O) groups excluding carboxylic acids is 1. The van der Waals surface area contributed by atoms with Crippen molar-refractivity contribution in [1.29, 1.82) is 5.26 Å². The zero-order valence-corrected chi connectivity index (χ0v) is 13.5. The van der Waals surface area contributed by atoms with Gasteiger partial charge in [0.1, 0.15) is 11.8 Å². The van der Waals surface area contributed by atoms with Crippen LogP contribution >= 0.6 is 0 Å². The molecule has 0 aromatic heterocycles. The second-order valence-corrected chi connectivity index (χ2v) is 5.26. The maximum Gasteiger partial charge on any atom is 0.422 e. The molecule has 27 heavy (non-hydrogen) atoms. The minimum absolute atomic E-state index is 0.0503.